The number of aliphatic hydroxyl groups is 1. The van der Waals surface area contributed by atoms with Crippen LogP contribution < -0.4 is 5.32 Å². The lowest BCUT2D eigenvalue weighted by Gasteiger charge is -2.32. The van der Waals surface area contributed by atoms with E-state index in [4.69, 9.17) is 0 Å². The largest absolute Gasteiger partial charge is 0.430 e. The number of aryl methyl sites for hydroxylation is 1. The van der Waals surface area contributed by atoms with E-state index in [2.05, 4.69) is 45.7 Å². The predicted molar refractivity (Wildman–Crippen MR) is 203 cm³/mol. The Labute approximate surface area is 313 Å². The van der Waals surface area contributed by atoms with Gasteiger partial charge in [0.2, 0.25) is 0 Å². The van der Waals surface area contributed by atoms with Gasteiger partial charge >= 0.3 is 12.4 Å². The zero-order chi connectivity index (χ0) is 39.5. The molecule has 0 atom stereocenters. The van der Waals surface area contributed by atoms with Gasteiger partial charge in [0.1, 0.15) is 0 Å². The first-order valence-corrected chi connectivity index (χ1v) is 17.7. The number of para-hydroxylation sites is 2. The molecule has 0 fully saturated rings. The third kappa shape index (κ3) is 7.99. The van der Waals surface area contributed by atoms with Gasteiger partial charge in [-0.2, -0.15) is 26.3 Å². The van der Waals surface area contributed by atoms with E-state index in [9.17, 15) is 36.2 Å². The number of benzene rings is 4. The summed E-state index contributed by atoms with van der Waals surface area (Å²) in [6.45, 7) is 3.41. The summed E-state index contributed by atoms with van der Waals surface area (Å²) in [7, 11) is 3.70. The number of alkyl halides is 6. The van der Waals surface area contributed by atoms with Crippen molar-refractivity contribution in [1.82, 2.24) is 24.8 Å². The van der Waals surface area contributed by atoms with Gasteiger partial charge in [0.05, 0.1) is 0 Å². The number of carbonyl (C=O) groups excluding carboxylic acids is 1. The molecular formula is C42H41F6N5O2. The molecule has 1 amide bonds. The third-order valence-corrected chi connectivity index (χ3v) is 9.92. The van der Waals surface area contributed by atoms with Gasteiger partial charge in [-0.25, -0.2) is 0 Å². The summed E-state index contributed by atoms with van der Waals surface area (Å²) < 4.78 is 82.1. The first-order chi connectivity index (χ1) is 26.1. The number of amides is 1. The van der Waals surface area contributed by atoms with Crippen molar-refractivity contribution >= 4 is 38.6 Å². The van der Waals surface area contributed by atoms with E-state index in [1.165, 1.54) is 22.5 Å². The minimum absolute atomic E-state index is 0.112. The van der Waals surface area contributed by atoms with Crippen LogP contribution >= 0.6 is 0 Å². The van der Waals surface area contributed by atoms with E-state index in [-0.39, 0.29) is 17.8 Å². The minimum atomic E-state index is -5.97. The first-order valence-electron chi connectivity index (χ1n) is 17.7. The number of hydrogen-bond acceptors (Lipinski definition) is 3. The van der Waals surface area contributed by atoms with E-state index < -0.39 is 23.5 Å². The second kappa shape index (κ2) is 15.7. The number of halogens is 6. The highest BCUT2D eigenvalue weighted by molar-refractivity contribution is 5.94. The van der Waals surface area contributed by atoms with Crippen molar-refractivity contribution in [1.29, 1.82) is 0 Å². The number of nitrogens with one attached hydrogen (secondary N) is 3. The maximum absolute atomic E-state index is 13.4. The molecule has 0 saturated heterocycles. The summed E-state index contributed by atoms with van der Waals surface area (Å²) in [5, 5.41) is 15.5. The molecule has 0 unspecified atom stereocenters. The molecule has 7 nitrogen and oxygen atoms in total. The Bertz CT molecular complexity index is 2410. The topological polar surface area (TPSA) is 89.1 Å². The monoisotopic (exact) mass is 761 g/mol. The van der Waals surface area contributed by atoms with Gasteiger partial charge in [-0.3, -0.25) is 4.79 Å². The lowest BCUT2D eigenvalue weighted by atomic mass is 9.91. The Kier molecular flexibility index (Phi) is 11.2. The van der Waals surface area contributed by atoms with Crippen LogP contribution in [0.4, 0.5) is 26.3 Å². The van der Waals surface area contributed by atoms with Crippen LogP contribution in [0.3, 0.4) is 0 Å². The van der Waals surface area contributed by atoms with Crippen LogP contribution in [0.25, 0.3) is 32.7 Å². The van der Waals surface area contributed by atoms with E-state index in [1.54, 1.807) is 47.7 Å². The zero-order valence-electron chi connectivity index (χ0n) is 30.4. The number of fused-ring (bicyclic) bond motifs is 3. The number of hydrogen-bond donors (Lipinski definition) is 4. The number of H-pyrrole nitrogens is 2. The van der Waals surface area contributed by atoms with Crippen molar-refractivity contribution in [2.75, 3.05) is 27.2 Å². The van der Waals surface area contributed by atoms with Gasteiger partial charge < -0.3 is 29.9 Å². The summed E-state index contributed by atoms with van der Waals surface area (Å²) in [6, 6.07) is 27.2. The smallest absolute Gasteiger partial charge is 0.369 e. The predicted octanol–water partition coefficient (Wildman–Crippen LogP) is 9.04. The normalized spacial score (nSPS) is 12.3. The van der Waals surface area contributed by atoms with Crippen molar-refractivity contribution in [2.24, 2.45) is 0 Å². The second-order valence-electron chi connectivity index (χ2n) is 13.6. The number of likely N-dealkylation sites (N-methyl/N-ethyl adjacent to an activating group) is 2. The third-order valence-electron chi connectivity index (χ3n) is 9.92. The maximum atomic E-state index is 13.4. The average Bonchev–Trinajstić information content (AvgIpc) is 3.86. The Morgan fingerprint density at radius 2 is 1.38 bits per heavy atom. The number of aromatic amines is 2. The lowest BCUT2D eigenvalue weighted by Crippen LogP contribution is -2.53. The molecule has 0 radical (unpaired) electrons. The highest BCUT2D eigenvalue weighted by Gasteiger charge is 2.71. The number of aromatic nitrogens is 3. The van der Waals surface area contributed by atoms with Gasteiger partial charge in [-0.1, -0.05) is 54.6 Å². The highest BCUT2D eigenvalue weighted by Crippen LogP contribution is 2.50. The van der Waals surface area contributed by atoms with Gasteiger partial charge in [0.15, 0.2) is 0 Å². The van der Waals surface area contributed by atoms with Crippen molar-refractivity contribution in [3.63, 3.8) is 0 Å². The Balaban J connectivity index is 0.000000332. The van der Waals surface area contributed by atoms with Crippen LogP contribution in [0, 0.1) is 6.92 Å². The number of carbonyl (C=O) groups is 1. The molecule has 4 N–H and O–H groups in total. The fourth-order valence-electron chi connectivity index (χ4n) is 6.86. The quantitative estimate of drug-likeness (QED) is 0.105. The van der Waals surface area contributed by atoms with Crippen molar-refractivity contribution < 1.29 is 36.2 Å². The lowest BCUT2D eigenvalue weighted by molar-refractivity contribution is -0.376. The van der Waals surface area contributed by atoms with E-state index in [0.29, 0.717) is 41.9 Å². The summed E-state index contributed by atoms with van der Waals surface area (Å²) >= 11 is 0. The highest BCUT2D eigenvalue weighted by atomic mass is 19.4. The van der Waals surface area contributed by atoms with Crippen molar-refractivity contribution in [2.45, 2.75) is 44.3 Å². The molecule has 0 aliphatic carbocycles. The minimum Gasteiger partial charge on any atom is -0.369 e. The van der Waals surface area contributed by atoms with Crippen LogP contribution in [-0.2, 0) is 25.0 Å². The molecule has 0 aliphatic heterocycles. The molecule has 7 rings (SSSR count). The fraction of sp³-hybridized carbons (Fsp3) is 0.262. The van der Waals surface area contributed by atoms with E-state index in [1.807, 2.05) is 37.5 Å². The van der Waals surface area contributed by atoms with Crippen molar-refractivity contribution in [3.05, 3.63) is 143 Å². The summed E-state index contributed by atoms with van der Waals surface area (Å²) in [6.07, 6.45) is -6.16. The van der Waals surface area contributed by atoms with Gasteiger partial charge in [-0.05, 0) is 92.5 Å². The summed E-state index contributed by atoms with van der Waals surface area (Å²) in [4.78, 5) is 21.3. The Hall–Kier alpha value is -5.53. The van der Waals surface area contributed by atoms with E-state index >= 15 is 0 Å². The molecule has 0 spiro atoms. The maximum Gasteiger partial charge on any atom is 0.430 e. The molecule has 55 heavy (non-hydrogen) atoms. The van der Waals surface area contributed by atoms with Crippen LogP contribution in [0.2, 0.25) is 0 Å². The molecule has 3 heterocycles. The van der Waals surface area contributed by atoms with Crippen LogP contribution in [0.1, 0.15) is 38.3 Å². The summed E-state index contributed by atoms with van der Waals surface area (Å²) in [5.74, 6) is -0.186. The van der Waals surface area contributed by atoms with Crippen LogP contribution in [0.15, 0.2) is 109 Å². The summed E-state index contributed by atoms with van der Waals surface area (Å²) in [5.41, 5.74) is 0.569. The Morgan fingerprint density at radius 3 is 1.98 bits per heavy atom. The van der Waals surface area contributed by atoms with Crippen LogP contribution in [0.5, 0.6) is 0 Å². The first kappa shape index (κ1) is 39.2. The van der Waals surface area contributed by atoms with E-state index in [0.717, 1.165) is 41.1 Å². The van der Waals surface area contributed by atoms with Crippen LogP contribution in [-0.4, -0.2) is 70.0 Å². The number of rotatable bonds is 10. The molecule has 0 aliphatic rings. The molecule has 3 aromatic heterocycles. The molecule has 4 aromatic carbocycles. The zero-order valence-corrected chi connectivity index (χ0v) is 30.4. The van der Waals surface area contributed by atoms with Gasteiger partial charge in [-0.15, -0.1) is 0 Å². The molecule has 0 bridgehead atoms. The molecule has 13 heteroatoms. The SMILES string of the molecule is CNCCc1c[nH]c2ccccc12.Cc1cc2cc(C(O)(C(F)(F)F)C(F)(F)F)ccc2n1Cc1cccc(C(=O)N(C)CCc2c[nH]c3ccccc23)c1. The van der Waals surface area contributed by atoms with Gasteiger partial charge in [0.25, 0.3) is 11.5 Å². The molecular weight excluding hydrogens is 720 g/mol. The molecule has 288 valence electrons. The molecule has 7 aromatic rings. The second-order valence-corrected chi connectivity index (χ2v) is 13.6. The standard InChI is InChI=1S/C31H27F6N3O2.C11H14N2/c1-19-14-23-16-24(29(42,30(32,33)34)31(35,36)37)10-11-27(23)40(19)18-20-6-5-7-21(15-20)28(41)39(2)13-12-22-17-38-26-9-4-3-8-25(22)26;1-12-7-6-9-8-13-11-5-3-2-4-10(9)11/h3-11,14-17,38,42H,12-13,18H2,1-2H3;2-5,8,12-13H,6-7H2,1H3. The Morgan fingerprint density at radius 1 is 0.782 bits per heavy atom. The fourth-order valence-corrected chi connectivity index (χ4v) is 6.86. The molecule has 0 saturated carbocycles. The average molecular weight is 762 g/mol. The number of nitrogens with zero attached hydrogens (tertiary/aromatic N) is 2. The van der Waals surface area contributed by atoms with Gasteiger partial charge in [0, 0.05) is 82.1 Å². The van der Waals surface area contributed by atoms with Crippen molar-refractivity contribution in [3.8, 4) is 0 Å².